The normalized spacial score (nSPS) is 11.4. The average molecular weight is 378 g/mol. The molecule has 0 aliphatic carbocycles. The van der Waals surface area contributed by atoms with Crippen LogP contribution in [0.25, 0.3) is 0 Å². The fourth-order valence-electron chi connectivity index (χ4n) is 1.81. The minimum absolute atomic E-state index is 0.327. The van der Waals surface area contributed by atoms with Gasteiger partial charge < -0.3 is 14.8 Å². The van der Waals surface area contributed by atoms with Crippen molar-refractivity contribution in [2.75, 3.05) is 12.4 Å². The lowest BCUT2D eigenvalue weighted by molar-refractivity contribution is -0.123. The standard InChI is InChI=1S/C17H16BrNO4/c1-11(16(20)19-14-8-6-13(18)7-9-14)23-17(21)12-4-3-5-15(10-12)22-2/h3-11H,1-2H3,(H,19,20)/t11-/m1/s1. The van der Waals surface area contributed by atoms with Gasteiger partial charge in [-0.25, -0.2) is 4.79 Å². The summed E-state index contributed by atoms with van der Waals surface area (Å²) in [5.74, 6) is -0.433. The first-order valence-corrected chi connectivity index (χ1v) is 7.70. The van der Waals surface area contributed by atoms with Gasteiger partial charge in [0.2, 0.25) is 0 Å². The molecule has 0 radical (unpaired) electrons. The van der Waals surface area contributed by atoms with Crippen molar-refractivity contribution >= 4 is 33.5 Å². The molecule has 0 saturated carbocycles. The van der Waals surface area contributed by atoms with Gasteiger partial charge in [-0.15, -0.1) is 0 Å². The van der Waals surface area contributed by atoms with E-state index in [9.17, 15) is 9.59 Å². The maximum atomic E-state index is 12.1. The third-order valence-corrected chi connectivity index (χ3v) is 3.60. The molecule has 0 saturated heterocycles. The van der Waals surface area contributed by atoms with Gasteiger partial charge in [0.1, 0.15) is 5.75 Å². The van der Waals surface area contributed by atoms with Crippen LogP contribution in [0, 0.1) is 0 Å². The maximum Gasteiger partial charge on any atom is 0.339 e. The SMILES string of the molecule is COc1cccc(C(=O)O[C@H](C)C(=O)Nc2ccc(Br)cc2)c1. The molecule has 0 aliphatic heterocycles. The zero-order valence-corrected chi connectivity index (χ0v) is 14.3. The summed E-state index contributed by atoms with van der Waals surface area (Å²) in [6, 6.07) is 13.7. The van der Waals surface area contributed by atoms with Crippen molar-refractivity contribution in [3.8, 4) is 5.75 Å². The monoisotopic (exact) mass is 377 g/mol. The first-order valence-electron chi connectivity index (χ1n) is 6.91. The van der Waals surface area contributed by atoms with Gasteiger partial charge in [-0.3, -0.25) is 4.79 Å². The predicted octanol–water partition coefficient (Wildman–Crippen LogP) is 3.64. The third-order valence-electron chi connectivity index (χ3n) is 3.07. The maximum absolute atomic E-state index is 12.1. The van der Waals surface area contributed by atoms with Crippen molar-refractivity contribution in [2.45, 2.75) is 13.0 Å². The van der Waals surface area contributed by atoms with Gasteiger partial charge in [0.05, 0.1) is 12.7 Å². The second-order valence-corrected chi connectivity index (χ2v) is 5.69. The lowest BCUT2D eigenvalue weighted by Gasteiger charge is -2.14. The van der Waals surface area contributed by atoms with Gasteiger partial charge in [-0.05, 0) is 49.4 Å². The summed E-state index contributed by atoms with van der Waals surface area (Å²) in [6.07, 6.45) is -0.919. The Morgan fingerprint density at radius 2 is 1.83 bits per heavy atom. The molecule has 6 heteroatoms. The summed E-state index contributed by atoms with van der Waals surface area (Å²) in [7, 11) is 1.51. The molecule has 0 unspecified atom stereocenters. The number of carbonyl (C=O) groups is 2. The third kappa shape index (κ3) is 4.82. The minimum atomic E-state index is -0.919. The summed E-state index contributed by atoms with van der Waals surface area (Å²) >= 11 is 3.32. The van der Waals surface area contributed by atoms with Crippen LogP contribution in [0.15, 0.2) is 53.0 Å². The van der Waals surface area contributed by atoms with Crippen LogP contribution in [0.2, 0.25) is 0 Å². The van der Waals surface area contributed by atoms with E-state index in [2.05, 4.69) is 21.2 Å². The Labute approximate surface area is 142 Å². The van der Waals surface area contributed by atoms with E-state index in [1.165, 1.54) is 14.0 Å². The highest BCUT2D eigenvalue weighted by atomic mass is 79.9. The average Bonchev–Trinajstić information content (AvgIpc) is 2.56. The van der Waals surface area contributed by atoms with E-state index in [0.29, 0.717) is 17.0 Å². The van der Waals surface area contributed by atoms with E-state index in [0.717, 1.165) is 4.47 Å². The molecule has 1 N–H and O–H groups in total. The first kappa shape index (κ1) is 17.0. The number of nitrogens with one attached hydrogen (secondary N) is 1. The van der Waals surface area contributed by atoms with Crippen LogP contribution in [0.3, 0.4) is 0 Å². The van der Waals surface area contributed by atoms with E-state index in [4.69, 9.17) is 9.47 Å². The second-order valence-electron chi connectivity index (χ2n) is 4.78. The van der Waals surface area contributed by atoms with Crippen LogP contribution < -0.4 is 10.1 Å². The summed E-state index contributed by atoms with van der Waals surface area (Å²) in [6.45, 7) is 1.52. The number of hydrogen-bond donors (Lipinski definition) is 1. The fourth-order valence-corrected chi connectivity index (χ4v) is 2.07. The molecule has 0 fully saturated rings. The number of methoxy groups -OCH3 is 1. The molecule has 0 aliphatic rings. The molecule has 2 aromatic rings. The zero-order chi connectivity index (χ0) is 16.8. The van der Waals surface area contributed by atoms with E-state index in [-0.39, 0.29) is 0 Å². The molecular formula is C17H16BrNO4. The predicted molar refractivity (Wildman–Crippen MR) is 90.6 cm³/mol. The first-order chi connectivity index (χ1) is 11.0. The molecule has 120 valence electrons. The number of hydrogen-bond acceptors (Lipinski definition) is 4. The number of esters is 1. The van der Waals surface area contributed by atoms with Crippen molar-refractivity contribution in [3.05, 3.63) is 58.6 Å². The molecule has 0 aromatic heterocycles. The van der Waals surface area contributed by atoms with Crippen LogP contribution in [0.1, 0.15) is 17.3 Å². The summed E-state index contributed by atoms with van der Waals surface area (Å²) < 4.78 is 11.1. The highest BCUT2D eigenvalue weighted by Gasteiger charge is 2.19. The van der Waals surface area contributed by atoms with Crippen LogP contribution in [0.5, 0.6) is 5.75 Å². The Balaban J connectivity index is 1.97. The smallest absolute Gasteiger partial charge is 0.339 e. The Bertz CT molecular complexity index is 700. The molecule has 0 spiro atoms. The molecule has 1 atom stereocenters. The molecule has 2 rings (SSSR count). The van der Waals surface area contributed by atoms with Crippen molar-refractivity contribution in [3.63, 3.8) is 0 Å². The fraction of sp³-hybridized carbons (Fsp3) is 0.176. The molecule has 0 bridgehead atoms. The molecule has 5 nitrogen and oxygen atoms in total. The van der Waals surface area contributed by atoms with Gasteiger partial charge in [-0.2, -0.15) is 0 Å². The number of amides is 1. The van der Waals surface area contributed by atoms with Crippen molar-refractivity contribution < 1.29 is 19.1 Å². The molecule has 0 heterocycles. The quantitative estimate of drug-likeness (QED) is 0.807. The number of anilines is 1. The molecule has 1 amide bonds. The van der Waals surface area contributed by atoms with Crippen LogP contribution in [-0.4, -0.2) is 25.1 Å². The Hall–Kier alpha value is -2.34. The molecular weight excluding hydrogens is 362 g/mol. The van der Waals surface area contributed by atoms with Gasteiger partial charge >= 0.3 is 5.97 Å². The second kappa shape index (κ2) is 7.78. The summed E-state index contributed by atoms with van der Waals surface area (Å²) in [4.78, 5) is 24.1. The van der Waals surface area contributed by atoms with E-state index in [1.54, 1.807) is 36.4 Å². The van der Waals surface area contributed by atoms with Crippen LogP contribution in [-0.2, 0) is 9.53 Å². The van der Waals surface area contributed by atoms with Gasteiger partial charge in [-0.1, -0.05) is 22.0 Å². The minimum Gasteiger partial charge on any atom is -0.497 e. The van der Waals surface area contributed by atoms with Crippen molar-refractivity contribution in [1.29, 1.82) is 0 Å². The summed E-state index contributed by atoms with van der Waals surface area (Å²) in [5, 5.41) is 2.69. The number of rotatable bonds is 5. The number of carbonyl (C=O) groups excluding carboxylic acids is 2. The largest absolute Gasteiger partial charge is 0.497 e. The van der Waals surface area contributed by atoms with Crippen LogP contribution in [0.4, 0.5) is 5.69 Å². The van der Waals surface area contributed by atoms with Crippen LogP contribution >= 0.6 is 15.9 Å². The number of ether oxygens (including phenoxy) is 2. The number of benzene rings is 2. The topological polar surface area (TPSA) is 64.6 Å². The Morgan fingerprint density at radius 1 is 1.13 bits per heavy atom. The van der Waals surface area contributed by atoms with Crippen molar-refractivity contribution in [1.82, 2.24) is 0 Å². The van der Waals surface area contributed by atoms with Crippen molar-refractivity contribution in [2.24, 2.45) is 0 Å². The summed E-state index contributed by atoms with van der Waals surface area (Å²) in [5.41, 5.74) is 0.954. The lowest BCUT2D eigenvalue weighted by Crippen LogP contribution is -2.30. The highest BCUT2D eigenvalue weighted by Crippen LogP contribution is 2.16. The molecule has 23 heavy (non-hydrogen) atoms. The van der Waals surface area contributed by atoms with Gasteiger partial charge in [0, 0.05) is 10.2 Å². The van der Waals surface area contributed by atoms with E-state index in [1.807, 2.05) is 12.1 Å². The zero-order valence-electron chi connectivity index (χ0n) is 12.7. The number of halogens is 1. The van der Waals surface area contributed by atoms with Gasteiger partial charge in [0.15, 0.2) is 6.10 Å². The lowest BCUT2D eigenvalue weighted by atomic mass is 10.2. The highest BCUT2D eigenvalue weighted by molar-refractivity contribution is 9.10. The Kier molecular flexibility index (Phi) is 5.76. The van der Waals surface area contributed by atoms with Gasteiger partial charge in [0.25, 0.3) is 5.91 Å². The Morgan fingerprint density at radius 3 is 2.48 bits per heavy atom. The molecule has 2 aromatic carbocycles. The van der Waals surface area contributed by atoms with E-state index < -0.39 is 18.0 Å². The van der Waals surface area contributed by atoms with E-state index >= 15 is 0 Å².